The Balaban J connectivity index is 2.31. The molecule has 0 saturated carbocycles. The van der Waals surface area contributed by atoms with Gasteiger partial charge in [-0.15, -0.1) is 0 Å². The normalized spacial score (nSPS) is 13.7. The molecule has 24 heavy (non-hydrogen) atoms. The summed E-state index contributed by atoms with van der Waals surface area (Å²) in [6.07, 6.45) is -1.92. The van der Waals surface area contributed by atoms with E-state index in [9.17, 15) is 14.7 Å². The lowest BCUT2D eigenvalue weighted by atomic mass is 9.87. The van der Waals surface area contributed by atoms with Gasteiger partial charge < -0.3 is 25.6 Å². The Hall–Kier alpha value is -2.12. The molecule has 0 aliphatic heterocycles. The third-order valence-electron chi connectivity index (χ3n) is 3.56. The summed E-state index contributed by atoms with van der Waals surface area (Å²) in [5.74, 6) is -0.597. The van der Waals surface area contributed by atoms with Crippen LogP contribution >= 0.6 is 0 Å². The molecular weight excluding hydrogens is 312 g/mol. The number of ether oxygens (including phenoxy) is 1. The molecule has 1 aromatic rings. The standard InChI is InChI=1S/C17H26N2O5/c1-12(9-18-15(22)14(21)17(2,3)11-20)19-16(23)24-10-13-7-5-4-6-8-13/h4-8,12,14,20-21H,9-11H2,1-3H3,(H,18,22)(H,19,23). The van der Waals surface area contributed by atoms with Gasteiger partial charge >= 0.3 is 6.09 Å². The summed E-state index contributed by atoms with van der Waals surface area (Å²) < 4.78 is 5.08. The van der Waals surface area contributed by atoms with Crippen molar-refractivity contribution in [3.8, 4) is 0 Å². The Kier molecular flexibility index (Phi) is 7.67. The van der Waals surface area contributed by atoms with Crippen LogP contribution in [0.2, 0.25) is 0 Å². The number of nitrogens with one attached hydrogen (secondary N) is 2. The first kappa shape index (κ1) is 19.9. The molecule has 7 nitrogen and oxygen atoms in total. The molecule has 0 aliphatic carbocycles. The van der Waals surface area contributed by atoms with Gasteiger partial charge in [0, 0.05) is 18.0 Å². The first-order chi connectivity index (χ1) is 11.3. The molecule has 2 unspecified atom stereocenters. The summed E-state index contributed by atoms with van der Waals surface area (Å²) in [6.45, 7) is 4.85. The van der Waals surface area contributed by atoms with E-state index in [-0.39, 0.29) is 25.8 Å². The van der Waals surface area contributed by atoms with E-state index in [1.54, 1.807) is 20.8 Å². The van der Waals surface area contributed by atoms with E-state index in [1.165, 1.54) is 0 Å². The summed E-state index contributed by atoms with van der Waals surface area (Å²) in [4.78, 5) is 23.5. The second-order valence-electron chi connectivity index (χ2n) is 6.40. The predicted octanol–water partition coefficient (Wildman–Crippen LogP) is 0.797. The summed E-state index contributed by atoms with van der Waals surface area (Å²) in [5.41, 5.74) is -0.0574. The molecule has 0 aliphatic rings. The summed E-state index contributed by atoms with van der Waals surface area (Å²) in [7, 11) is 0. The van der Waals surface area contributed by atoms with Crippen LogP contribution in [0.15, 0.2) is 30.3 Å². The first-order valence-electron chi connectivity index (χ1n) is 7.80. The highest BCUT2D eigenvalue weighted by atomic mass is 16.5. The maximum atomic E-state index is 11.8. The van der Waals surface area contributed by atoms with E-state index in [1.807, 2.05) is 30.3 Å². The number of benzene rings is 1. The lowest BCUT2D eigenvalue weighted by Crippen LogP contribution is -2.49. The van der Waals surface area contributed by atoms with Crippen molar-refractivity contribution in [2.75, 3.05) is 13.2 Å². The van der Waals surface area contributed by atoms with Crippen LogP contribution in [0.25, 0.3) is 0 Å². The van der Waals surface area contributed by atoms with Gasteiger partial charge in [-0.25, -0.2) is 4.79 Å². The molecule has 134 valence electrons. The Bertz CT molecular complexity index is 533. The highest BCUT2D eigenvalue weighted by Gasteiger charge is 2.32. The quantitative estimate of drug-likeness (QED) is 0.561. The minimum Gasteiger partial charge on any atom is -0.445 e. The first-order valence-corrected chi connectivity index (χ1v) is 7.80. The van der Waals surface area contributed by atoms with Gasteiger partial charge in [-0.2, -0.15) is 0 Å². The van der Waals surface area contributed by atoms with Gasteiger partial charge in [-0.3, -0.25) is 4.79 Å². The van der Waals surface area contributed by atoms with Gasteiger partial charge in [-0.1, -0.05) is 44.2 Å². The second-order valence-corrected chi connectivity index (χ2v) is 6.40. The minimum absolute atomic E-state index is 0.137. The molecule has 0 bridgehead atoms. The van der Waals surface area contributed by atoms with E-state index in [0.29, 0.717) is 0 Å². The Morgan fingerprint density at radius 3 is 2.46 bits per heavy atom. The molecule has 0 heterocycles. The van der Waals surface area contributed by atoms with Crippen LogP contribution in [0.4, 0.5) is 4.79 Å². The van der Waals surface area contributed by atoms with Crippen molar-refractivity contribution in [3.05, 3.63) is 35.9 Å². The molecule has 2 atom stereocenters. The van der Waals surface area contributed by atoms with Crippen LogP contribution in [0.3, 0.4) is 0 Å². The van der Waals surface area contributed by atoms with Crippen molar-refractivity contribution in [1.82, 2.24) is 10.6 Å². The number of rotatable bonds is 8. The number of aliphatic hydroxyl groups excluding tert-OH is 2. The Labute approximate surface area is 142 Å². The van der Waals surface area contributed by atoms with Crippen LogP contribution in [-0.4, -0.2) is 47.5 Å². The van der Waals surface area contributed by atoms with Crippen molar-refractivity contribution in [2.24, 2.45) is 5.41 Å². The van der Waals surface area contributed by atoms with Crippen LogP contribution in [0.1, 0.15) is 26.3 Å². The number of carbonyl (C=O) groups is 2. The fraction of sp³-hybridized carbons (Fsp3) is 0.529. The van der Waals surface area contributed by atoms with Crippen molar-refractivity contribution >= 4 is 12.0 Å². The second kappa shape index (κ2) is 9.24. The van der Waals surface area contributed by atoms with E-state index < -0.39 is 23.5 Å². The van der Waals surface area contributed by atoms with Gasteiger partial charge in [0.2, 0.25) is 5.91 Å². The topological polar surface area (TPSA) is 108 Å². The van der Waals surface area contributed by atoms with Gasteiger partial charge in [0.05, 0.1) is 6.61 Å². The van der Waals surface area contributed by atoms with E-state index >= 15 is 0 Å². The third kappa shape index (κ3) is 6.55. The zero-order chi connectivity index (χ0) is 18.2. The van der Waals surface area contributed by atoms with Crippen LogP contribution in [0, 0.1) is 5.41 Å². The fourth-order valence-electron chi connectivity index (χ4n) is 1.81. The van der Waals surface area contributed by atoms with E-state index in [2.05, 4.69) is 10.6 Å². The number of hydrogen-bond acceptors (Lipinski definition) is 5. The highest BCUT2D eigenvalue weighted by Crippen LogP contribution is 2.19. The van der Waals surface area contributed by atoms with Gasteiger partial charge in [0.25, 0.3) is 0 Å². The molecule has 2 amide bonds. The van der Waals surface area contributed by atoms with Crippen molar-refractivity contribution in [2.45, 2.75) is 39.5 Å². The molecule has 0 fully saturated rings. The van der Waals surface area contributed by atoms with Gasteiger partial charge in [0.15, 0.2) is 0 Å². The van der Waals surface area contributed by atoms with Gasteiger partial charge in [0.1, 0.15) is 12.7 Å². The van der Waals surface area contributed by atoms with Crippen molar-refractivity contribution in [3.63, 3.8) is 0 Å². The Morgan fingerprint density at radius 2 is 1.88 bits per heavy atom. The summed E-state index contributed by atoms with van der Waals surface area (Å²) >= 11 is 0. The van der Waals surface area contributed by atoms with Crippen LogP contribution < -0.4 is 10.6 Å². The average molecular weight is 338 g/mol. The lowest BCUT2D eigenvalue weighted by molar-refractivity contribution is -0.137. The molecule has 0 spiro atoms. The number of alkyl carbamates (subject to hydrolysis) is 1. The van der Waals surface area contributed by atoms with Gasteiger partial charge in [-0.05, 0) is 12.5 Å². The smallest absolute Gasteiger partial charge is 0.407 e. The monoisotopic (exact) mass is 338 g/mol. The minimum atomic E-state index is -1.33. The summed E-state index contributed by atoms with van der Waals surface area (Å²) in [6, 6.07) is 8.91. The number of hydrogen-bond donors (Lipinski definition) is 4. The Morgan fingerprint density at radius 1 is 1.25 bits per heavy atom. The number of aliphatic hydroxyl groups is 2. The fourth-order valence-corrected chi connectivity index (χ4v) is 1.81. The van der Waals surface area contributed by atoms with Crippen molar-refractivity contribution < 1.29 is 24.5 Å². The van der Waals surface area contributed by atoms with E-state index in [4.69, 9.17) is 9.84 Å². The average Bonchev–Trinajstić information content (AvgIpc) is 2.58. The van der Waals surface area contributed by atoms with Crippen molar-refractivity contribution in [1.29, 1.82) is 0 Å². The predicted molar refractivity (Wildman–Crippen MR) is 89.1 cm³/mol. The van der Waals surface area contributed by atoms with E-state index in [0.717, 1.165) is 5.56 Å². The molecule has 7 heteroatoms. The van der Waals surface area contributed by atoms with Crippen LogP contribution in [0.5, 0.6) is 0 Å². The molecule has 0 saturated heterocycles. The highest BCUT2D eigenvalue weighted by molar-refractivity contribution is 5.81. The zero-order valence-corrected chi connectivity index (χ0v) is 14.3. The summed E-state index contributed by atoms with van der Waals surface area (Å²) in [5, 5.41) is 24.1. The maximum absolute atomic E-state index is 11.8. The van der Waals surface area contributed by atoms with Crippen LogP contribution in [-0.2, 0) is 16.1 Å². The zero-order valence-electron chi connectivity index (χ0n) is 14.3. The molecule has 0 radical (unpaired) electrons. The number of carbonyl (C=O) groups excluding carboxylic acids is 2. The molecule has 0 aromatic heterocycles. The molecule has 1 aromatic carbocycles. The number of amides is 2. The molecule has 4 N–H and O–H groups in total. The largest absolute Gasteiger partial charge is 0.445 e. The molecular formula is C17H26N2O5. The maximum Gasteiger partial charge on any atom is 0.407 e. The SMILES string of the molecule is CC(CNC(=O)C(O)C(C)(C)CO)NC(=O)OCc1ccccc1. The molecule has 1 rings (SSSR count). The third-order valence-corrected chi connectivity index (χ3v) is 3.56. The lowest BCUT2D eigenvalue weighted by Gasteiger charge is -2.27.